The van der Waals surface area contributed by atoms with Crippen LogP contribution in [0.25, 0.3) is 21.9 Å². The number of aromatic nitrogens is 3. The number of pyridine rings is 2. The third-order valence-electron chi connectivity index (χ3n) is 4.66. The van der Waals surface area contributed by atoms with E-state index in [-0.39, 0.29) is 6.54 Å². The Hall–Kier alpha value is -2.40. The third-order valence-corrected chi connectivity index (χ3v) is 5.91. The summed E-state index contributed by atoms with van der Waals surface area (Å²) in [6.45, 7) is 0.758. The lowest BCUT2D eigenvalue weighted by molar-refractivity contribution is -0.0451. The van der Waals surface area contributed by atoms with Crippen molar-refractivity contribution in [3.05, 3.63) is 30.7 Å². The largest absolute Gasteiger partial charge is 0.511 e. The van der Waals surface area contributed by atoms with Crippen LogP contribution in [0.5, 0.6) is 0 Å². The van der Waals surface area contributed by atoms with Gasteiger partial charge < -0.3 is 9.88 Å². The van der Waals surface area contributed by atoms with Crippen molar-refractivity contribution in [1.82, 2.24) is 19.7 Å². The summed E-state index contributed by atoms with van der Waals surface area (Å²) in [4.78, 5) is 13.5. The summed E-state index contributed by atoms with van der Waals surface area (Å²) in [6.07, 6.45) is 5.94. The SMILES string of the molecule is O=S(=O)(NC1CCCN(c2cc[nH]c3cnc4nccc4c23)C1)C(F)(F)F. The van der Waals surface area contributed by atoms with E-state index in [1.807, 2.05) is 17.0 Å². The zero-order valence-corrected chi connectivity index (χ0v) is 14.8. The average Bonchev–Trinajstić information content (AvgIpc) is 3.09. The van der Waals surface area contributed by atoms with Crippen molar-refractivity contribution in [3.63, 3.8) is 0 Å². The van der Waals surface area contributed by atoms with Gasteiger partial charge in [-0.25, -0.2) is 23.1 Å². The van der Waals surface area contributed by atoms with E-state index in [0.29, 0.717) is 25.0 Å². The van der Waals surface area contributed by atoms with Gasteiger partial charge in [0.25, 0.3) is 0 Å². The van der Waals surface area contributed by atoms with Gasteiger partial charge in [-0.3, -0.25) is 0 Å². The van der Waals surface area contributed by atoms with Crippen LogP contribution in [0.1, 0.15) is 12.8 Å². The molecule has 4 rings (SSSR count). The number of fused-ring (bicyclic) bond motifs is 3. The van der Waals surface area contributed by atoms with Crippen LogP contribution in [0.2, 0.25) is 0 Å². The summed E-state index contributed by atoms with van der Waals surface area (Å²) in [5, 5.41) is 1.69. The highest BCUT2D eigenvalue weighted by atomic mass is 32.2. The quantitative estimate of drug-likeness (QED) is 0.706. The molecule has 1 fully saturated rings. The van der Waals surface area contributed by atoms with Gasteiger partial charge in [0.05, 0.1) is 11.7 Å². The molecule has 3 aromatic heterocycles. The Kier molecular flexibility index (Phi) is 4.22. The normalized spacial score (nSPS) is 19.1. The Morgan fingerprint density at radius 3 is 2.85 bits per heavy atom. The summed E-state index contributed by atoms with van der Waals surface area (Å²) in [6, 6.07) is 2.84. The average molecular weight is 399 g/mol. The van der Waals surface area contributed by atoms with E-state index >= 15 is 0 Å². The molecule has 0 aliphatic carbocycles. The number of nitrogens with zero attached hydrogens (tertiary/aromatic N) is 3. The molecule has 0 bridgehead atoms. The summed E-state index contributed by atoms with van der Waals surface area (Å²) in [5.74, 6) is 0. The first-order valence-electron chi connectivity index (χ1n) is 8.30. The van der Waals surface area contributed by atoms with Crippen LogP contribution in [0, 0.1) is 0 Å². The number of piperidine rings is 1. The Morgan fingerprint density at radius 2 is 2.07 bits per heavy atom. The van der Waals surface area contributed by atoms with Gasteiger partial charge >= 0.3 is 15.5 Å². The van der Waals surface area contributed by atoms with Gasteiger partial charge in [0, 0.05) is 48.0 Å². The van der Waals surface area contributed by atoms with Crippen LogP contribution in [-0.4, -0.2) is 48.0 Å². The van der Waals surface area contributed by atoms with Crippen LogP contribution in [0.4, 0.5) is 18.9 Å². The fourth-order valence-electron chi connectivity index (χ4n) is 3.48. The van der Waals surface area contributed by atoms with E-state index < -0.39 is 21.6 Å². The second-order valence-electron chi connectivity index (χ2n) is 6.44. The molecule has 0 radical (unpaired) electrons. The molecule has 1 saturated heterocycles. The number of alkyl halides is 3. The van der Waals surface area contributed by atoms with Crippen LogP contribution in [0.3, 0.4) is 0 Å². The van der Waals surface area contributed by atoms with E-state index in [1.54, 1.807) is 23.3 Å². The fourth-order valence-corrected chi connectivity index (χ4v) is 4.25. The van der Waals surface area contributed by atoms with Gasteiger partial charge in [-0.2, -0.15) is 13.2 Å². The van der Waals surface area contributed by atoms with Crippen molar-refractivity contribution in [1.29, 1.82) is 0 Å². The van der Waals surface area contributed by atoms with Crippen molar-refractivity contribution in [2.75, 3.05) is 18.0 Å². The predicted octanol–water partition coefficient (Wildman–Crippen LogP) is 2.52. The molecule has 7 nitrogen and oxygen atoms in total. The number of rotatable bonds is 3. The fraction of sp³-hybridized carbons (Fsp3) is 0.375. The maximum absolute atomic E-state index is 12.7. The van der Waals surface area contributed by atoms with E-state index in [0.717, 1.165) is 22.0 Å². The molecular weight excluding hydrogens is 383 g/mol. The highest BCUT2D eigenvalue weighted by molar-refractivity contribution is 7.90. The number of halogens is 3. The van der Waals surface area contributed by atoms with Gasteiger partial charge in [-0.15, -0.1) is 0 Å². The maximum atomic E-state index is 12.7. The van der Waals surface area contributed by atoms with Crippen molar-refractivity contribution in [3.8, 4) is 0 Å². The van der Waals surface area contributed by atoms with Crippen molar-refractivity contribution in [2.45, 2.75) is 24.4 Å². The lowest BCUT2D eigenvalue weighted by Gasteiger charge is -2.35. The van der Waals surface area contributed by atoms with Gasteiger partial charge in [-0.05, 0) is 25.0 Å². The topological polar surface area (TPSA) is 91.0 Å². The molecule has 0 amide bonds. The molecule has 27 heavy (non-hydrogen) atoms. The molecule has 11 heteroatoms. The molecule has 0 spiro atoms. The molecule has 0 saturated carbocycles. The second-order valence-corrected chi connectivity index (χ2v) is 8.15. The summed E-state index contributed by atoms with van der Waals surface area (Å²) >= 11 is 0. The van der Waals surface area contributed by atoms with E-state index in [2.05, 4.69) is 15.0 Å². The molecule has 144 valence electrons. The number of sulfonamides is 1. The molecule has 1 aliphatic rings. The first-order valence-corrected chi connectivity index (χ1v) is 9.79. The minimum absolute atomic E-state index is 0.145. The number of nitrogens with one attached hydrogen (secondary N) is 2. The van der Waals surface area contributed by atoms with Crippen LogP contribution < -0.4 is 9.62 Å². The molecule has 1 unspecified atom stereocenters. The summed E-state index contributed by atoms with van der Waals surface area (Å²) in [7, 11) is -5.37. The highest BCUT2D eigenvalue weighted by Crippen LogP contribution is 2.33. The van der Waals surface area contributed by atoms with Crippen LogP contribution in [-0.2, 0) is 10.0 Å². The van der Waals surface area contributed by atoms with E-state index in [1.165, 1.54) is 0 Å². The number of hydrogen-bond acceptors (Lipinski definition) is 5. The highest BCUT2D eigenvalue weighted by Gasteiger charge is 2.47. The predicted molar refractivity (Wildman–Crippen MR) is 94.7 cm³/mol. The Balaban J connectivity index is 1.69. The van der Waals surface area contributed by atoms with Gasteiger partial charge in [-0.1, -0.05) is 0 Å². The lowest BCUT2D eigenvalue weighted by Crippen LogP contribution is -2.50. The smallest absolute Gasteiger partial charge is 0.369 e. The molecule has 0 aromatic carbocycles. The summed E-state index contributed by atoms with van der Waals surface area (Å²) < 4.78 is 62.7. The Bertz CT molecular complexity index is 1100. The van der Waals surface area contributed by atoms with E-state index in [9.17, 15) is 21.6 Å². The maximum Gasteiger partial charge on any atom is 0.511 e. The van der Waals surface area contributed by atoms with Crippen molar-refractivity contribution in [2.24, 2.45) is 0 Å². The molecule has 2 N–H and O–H groups in total. The van der Waals surface area contributed by atoms with Gasteiger partial charge in [0.15, 0.2) is 5.65 Å². The van der Waals surface area contributed by atoms with Crippen LogP contribution >= 0.6 is 0 Å². The van der Waals surface area contributed by atoms with E-state index in [4.69, 9.17) is 0 Å². The zero-order chi connectivity index (χ0) is 19.2. The van der Waals surface area contributed by atoms with Gasteiger partial charge in [0.2, 0.25) is 0 Å². The third kappa shape index (κ3) is 3.21. The number of hydrogen-bond donors (Lipinski definition) is 2. The van der Waals surface area contributed by atoms with Gasteiger partial charge in [0.1, 0.15) is 0 Å². The lowest BCUT2D eigenvalue weighted by atomic mass is 10.0. The van der Waals surface area contributed by atoms with Crippen LogP contribution in [0.15, 0.2) is 30.7 Å². The number of H-pyrrole nitrogens is 1. The molecule has 1 atom stereocenters. The van der Waals surface area contributed by atoms with Crippen molar-refractivity contribution >= 4 is 37.6 Å². The molecular formula is C16H16F3N5O2S. The minimum atomic E-state index is -5.37. The number of anilines is 1. The van der Waals surface area contributed by atoms with Crippen molar-refractivity contribution < 1.29 is 21.6 Å². The molecule has 4 heterocycles. The second kappa shape index (κ2) is 6.34. The Morgan fingerprint density at radius 1 is 1.26 bits per heavy atom. The zero-order valence-electron chi connectivity index (χ0n) is 14.0. The first-order chi connectivity index (χ1) is 12.8. The summed E-state index contributed by atoms with van der Waals surface area (Å²) in [5.41, 5.74) is -3.16. The minimum Gasteiger partial charge on any atom is -0.369 e. The number of aromatic amines is 1. The molecule has 1 aliphatic heterocycles. The Labute approximate surface area is 152 Å². The monoisotopic (exact) mass is 399 g/mol. The first kappa shape index (κ1) is 18.0. The molecule has 3 aromatic rings. The standard InChI is InChI=1S/C16H16F3N5O2S/c17-16(18,19)27(25,26)23-10-2-1-7-24(9-10)13-4-6-20-12-8-22-15-11(14(12)13)3-5-21-15/h3-6,8,10,20,23H,1-2,7,9H2.